The molecule has 1 aliphatic rings. The average Bonchev–Trinajstić information content (AvgIpc) is 2.32. The van der Waals surface area contributed by atoms with Crippen LogP contribution in [0.4, 0.5) is 0 Å². The summed E-state index contributed by atoms with van der Waals surface area (Å²) in [7, 11) is 0. The first kappa shape index (κ1) is 10.8. The number of hydrogen-bond donors (Lipinski definition) is 1. The second kappa shape index (κ2) is 5.42. The number of hydrogen-bond acceptors (Lipinski definition) is 3. The molecule has 1 aromatic carbocycles. The molecule has 0 radical (unpaired) electrons. The first-order valence-corrected chi connectivity index (χ1v) is 6.53. The van der Waals surface area contributed by atoms with Gasteiger partial charge in [-0.3, -0.25) is 0 Å². The van der Waals surface area contributed by atoms with Gasteiger partial charge in [-0.2, -0.15) is 0 Å². The van der Waals surface area contributed by atoms with E-state index in [1.807, 2.05) is 18.7 Å². The van der Waals surface area contributed by atoms with Crippen molar-refractivity contribution in [3.8, 4) is 5.75 Å². The zero-order valence-corrected chi connectivity index (χ0v) is 9.85. The van der Waals surface area contributed by atoms with Crippen LogP contribution in [0, 0.1) is 0 Å². The minimum atomic E-state index is 0.467. The molecule has 0 amide bonds. The highest BCUT2D eigenvalue weighted by molar-refractivity contribution is 7.99. The molecule has 1 fully saturated rings. The fraction of sp³-hybridized carbons (Fsp3) is 0.500. The van der Waals surface area contributed by atoms with Gasteiger partial charge in [0.2, 0.25) is 0 Å². The predicted octanol–water partition coefficient (Wildman–Crippen LogP) is 2.81. The molecule has 2 rings (SSSR count). The lowest BCUT2D eigenvalue weighted by molar-refractivity contribution is 0.340. The third-order valence-electron chi connectivity index (χ3n) is 2.43. The van der Waals surface area contributed by atoms with Gasteiger partial charge >= 0.3 is 0 Å². The molecule has 1 atom stereocenters. The summed E-state index contributed by atoms with van der Waals surface area (Å²) in [5.41, 5.74) is 1.35. The van der Waals surface area contributed by atoms with E-state index in [4.69, 9.17) is 4.74 Å². The van der Waals surface area contributed by atoms with Gasteiger partial charge in [-0.1, -0.05) is 12.1 Å². The molecule has 0 aromatic heterocycles. The Morgan fingerprint density at radius 1 is 1.40 bits per heavy atom. The Labute approximate surface area is 95.4 Å². The van der Waals surface area contributed by atoms with E-state index < -0.39 is 0 Å². The highest BCUT2D eigenvalue weighted by atomic mass is 32.2. The Morgan fingerprint density at radius 3 is 2.80 bits per heavy atom. The third-order valence-corrected chi connectivity index (χ3v) is 3.73. The predicted molar refractivity (Wildman–Crippen MR) is 65.4 cm³/mol. The second-order valence-corrected chi connectivity index (χ2v) is 4.77. The highest BCUT2D eigenvalue weighted by Crippen LogP contribution is 2.30. The molecule has 82 valence electrons. The number of thioether (sulfide) groups is 1. The molecule has 1 saturated heterocycles. The van der Waals surface area contributed by atoms with Crippen molar-refractivity contribution >= 4 is 11.8 Å². The van der Waals surface area contributed by atoms with Crippen LogP contribution in [0.1, 0.15) is 24.3 Å². The number of ether oxygens (including phenoxy) is 1. The molecule has 1 N–H and O–H groups in total. The molecule has 0 bridgehead atoms. The van der Waals surface area contributed by atoms with Crippen LogP contribution >= 0.6 is 11.8 Å². The van der Waals surface area contributed by atoms with E-state index >= 15 is 0 Å². The van der Waals surface area contributed by atoms with Crippen molar-refractivity contribution < 1.29 is 4.74 Å². The van der Waals surface area contributed by atoms with E-state index in [0.29, 0.717) is 5.37 Å². The van der Waals surface area contributed by atoms with Crippen molar-refractivity contribution in [3.63, 3.8) is 0 Å². The van der Waals surface area contributed by atoms with Crippen molar-refractivity contribution in [2.75, 3.05) is 18.9 Å². The Balaban J connectivity index is 2.02. The smallest absolute Gasteiger partial charge is 0.119 e. The maximum absolute atomic E-state index is 5.42. The maximum atomic E-state index is 5.42. The maximum Gasteiger partial charge on any atom is 0.119 e. The summed E-state index contributed by atoms with van der Waals surface area (Å²) in [5.74, 6) is 2.22. The fourth-order valence-corrected chi connectivity index (χ4v) is 2.82. The molecular formula is C12H17NOS. The molecule has 1 aromatic rings. The summed E-state index contributed by atoms with van der Waals surface area (Å²) in [6, 6.07) is 8.41. The SMILES string of the molecule is CCOc1ccc(C2NCCCS2)cc1. The van der Waals surface area contributed by atoms with E-state index in [9.17, 15) is 0 Å². The Bertz CT molecular complexity index is 293. The van der Waals surface area contributed by atoms with Gasteiger partial charge in [-0.25, -0.2) is 0 Å². The van der Waals surface area contributed by atoms with Crippen LogP contribution in [0.3, 0.4) is 0 Å². The van der Waals surface area contributed by atoms with Crippen LogP contribution in [-0.4, -0.2) is 18.9 Å². The molecule has 15 heavy (non-hydrogen) atoms. The van der Waals surface area contributed by atoms with Crippen LogP contribution in [0.5, 0.6) is 5.75 Å². The molecular weight excluding hydrogens is 206 g/mol. The fourth-order valence-electron chi connectivity index (χ4n) is 1.69. The van der Waals surface area contributed by atoms with E-state index in [2.05, 4.69) is 29.6 Å². The average molecular weight is 223 g/mol. The molecule has 0 saturated carbocycles. The molecule has 2 nitrogen and oxygen atoms in total. The van der Waals surface area contributed by atoms with Crippen LogP contribution in [0.2, 0.25) is 0 Å². The lowest BCUT2D eigenvalue weighted by Crippen LogP contribution is -2.25. The topological polar surface area (TPSA) is 21.3 Å². The molecule has 0 spiro atoms. The number of benzene rings is 1. The molecule has 1 aliphatic heterocycles. The lowest BCUT2D eigenvalue weighted by atomic mass is 10.2. The Kier molecular flexibility index (Phi) is 3.92. The summed E-state index contributed by atoms with van der Waals surface area (Å²) >= 11 is 1.98. The van der Waals surface area contributed by atoms with Gasteiger partial charge in [0, 0.05) is 0 Å². The second-order valence-electron chi connectivity index (χ2n) is 3.56. The number of nitrogens with one attached hydrogen (secondary N) is 1. The zero-order valence-electron chi connectivity index (χ0n) is 9.03. The van der Waals surface area contributed by atoms with E-state index in [1.165, 1.54) is 17.7 Å². The van der Waals surface area contributed by atoms with E-state index in [1.54, 1.807) is 0 Å². The van der Waals surface area contributed by atoms with E-state index in [0.717, 1.165) is 18.9 Å². The van der Waals surface area contributed by atoms with Gasteiger partial charge in [-0.15, -0.1) is 11.8 Å². The first-order chi connectivity index (χ1) is 7.40. The minimum Gasteiger partial charge on any atom is -0.494 e. The van der Waals surface area contributed by atoms with Crippen molar-refractivity contribution in [2.45, 2.75) is 18.7 Å². The third kappa shape index (κ3) is 2.89. The molecule has 1 heterocycles. The molecule has 1 unspecified atom stereocenters. The standard InChI is InChI=1S/C12H17NOS/c1-2-14-11-6-4-10(5-7-11)12-13-8-3-9-15-12/h4-7,12-13H,2-3,8-9H2,1H3. The van der Waals surface area contributed by atoms with Crippen molar-refractivity contribution in [3.05, 3.63) is 29.8 Å². The monoisotopic (exact) mass is 223 g/mol. The van der Waals surface area contributed by atoms with Gasteiger partial charge in [0.1, 0.15) is 5.75 Å². The Morgan fingerprint density at radius 2 is 2.20 bits per heavy atom. The van der Waals surface area contributed by atoms with Gasteiger partial charge < -0.3 is 10.1 Å². The van der Waals surface area contributed by atoms with Crippen LogP contribution in [0.25, 0.3) is 0 Å². The minimum absolute atomic E-state index is 0.467. The highest BCUT2D eigenvalue weighted by Gasteiger charge is 2.14. The molecule has 0 aliphatic carbocycles. The summed E-state index contributed by atoms with van der Waals surface area (Å²) in [4.78, 5) is 0. The van der Waals surface area contributed by atoms with Crippen LogP contribution in [-0.2, 0) is 0 Å². The van der Waals surface area contributed by atoms with Crippen molar-refractivity contribution in [1.82, 2.24) is 5.32 Å². The summed E-state index contributed by atoms with van der Waals surface area (Å²) < 4.78 is 5.42. The summed E-state index contributed by atoms with van der Waals surface area (Å²) in [6.07, 6.45) is 1.28. The van der Waals surface area contributed by atoms with E-state index in [-0.39, 0.29) is 0 Å². The van der Waals surface area contributed by atoms with Crippen LogP contribution in [0.15, 0.2) is 24.3 Å². The summed E-state index contributed by atoms with van der Waals surface area (Å²) in [6.45, 7) is 3.87. The van der Waals surface area contributed by atoms with Gasteiger partial charge in [-0.05, 0) is 43.3 Å². The van der Waals surface area contributed by atoms with Gasteiger partial charge in [0.15, 0.2) is 0 Å². The lowest BCUT2D eigenvalue weighted by Gasteiger charge is -2.23. The number of rotatable bonds is 3. The van der Waals surface area contributed by atoms with Crippen molar-refractivity contribution in [1.29, 1.82) is 0 Å². The first-order valence-electron chi connectivity index (χ1n) is 5.48. The quantitative estimate of drug-likeness (QED) is 0.851. The normalized spacial score (nSPS) is 21.3. The zero-order chi connectivity index (χ0) is 10.5. The largest absolute Gasteiger partial charge is 0.494 e. The van der Waals surface area contributed by atoms with Crippen molar-refractivity contribution in [2.24, 2.45) is 0 Å². The van der Waals surface area contributed by atoms with Crippen LogP contribution < -0.4 is 10.1 Å². The summed E-state index contributed by atoms with van der Waals surface area (Å²) in [5, 5.41) is 3.98. The molecule has 3 heteroatoms. The van der Waals surface area contributed by atoms with Gasteiger partial charge in [0.05, 0.1) is 12.0 Å². The Hall–Kier alpha value is -0.670. The van der Waals surface area contributed by atoms with Gasteiger partial charge in [0.25, 0.3) is 0 Å².